The van der Waals surface area contributed by atoms with Crippen molar-refractivity contribution >= 4 is 22.4 Å². The number of anilines is 1. The Labute approximate surface area is 133 Å². The molecular formula is C16H18N6O. The number of tetrazole rings is 1. The first-order chi connectivity index (χ1) is 11.1. The van der Waals surface area contributed by atoms with Gasteiger partial charge in [-0.2, -0.15) is 0 Å². The largest absolute Gasteiger partial charge is 0.398 e. The van der Waals surface area contributed by atoms with E-state index in [-0.39, 0.29) is 17.9 Å². The van der Waals surface area contributed by atoms with Gasteiger partial charge in [0.15, 0.2) is 5.82 Å². The predicted molar refractivity (Wildman–Crippen MR) is 87.6 cm³/mol. The van der Waals surface area contributed by atoms with Crippen molar-refractivity contribution < 1.29 is 4.79 Å². The van der Waals surface area contributed by atoms with Crippen LogP contribution < -0.4 is 11.1 Å². The van der Waals surface area contributed by atoms with Gasteiger partial charge in [0.05, 0.1) is 11.6 Å². The number of hydrogen-bond acceptors (Lipinski definition) is 5. The zero-order chi connectivity index (χ0) is 16.4. The first-order valence-electron chi connectivity index (χ1n) is 7.39. The number of nitrogens with two attached hydrogens (primary N) is 1. The highest BCUT2D eigenvalue weighted by Gasteiger charge is 2.23. The monoisotopic (exact) mass is 310 g/mol. The molecule has 1 heterocycles. The zero-order valence-electron chi connectivity index (χ0n) is 12.9. The van der Waals surface area contributed by atoms with E-state index in [0.29, 0.717) is 17.1 Å². The maximum absolute atomic E-state index is 12.6. The fraction of sp³-hybridized carbons (Fsp3) is 0.250. The molecule has 3 aromatic rings. The molecule has 0 saturated carbocycles. The summed E-state index contributed by atoms with van der Waals surface area (Å²) in [7, 11) is 0. The first-order valence-corrected chi connectivity index (χ1v) is 7.39. The van der Waals surface area contributed by atoms with Crippen molar-refractivity contribution in [3.8, 4) is 0 Å². The lowest BCUT2D eigenvalue weighted by atomic mass is 10.0. The second-order valence-corrected chi connectivity index (χ2v) is 5.77. The van der Waals surface area contributed by atoms with E-state index < -0.39 is 0 Å². The quantitative estimate of drug-likeness (QED) is 0.639. The summed E-state index contributed by atoms with van der Waals surface area (Å²) >= 11 is 0. The number of aromatic nitrogens is 4. The Hall–Kier alpha value is -2.96. The maximum atomic E-state index is 12.6. The summed E-state index contributed by atoms with van der Waals surface area (Å²) in [5.74, 6) is 0.395. The van der Waals surface area contributed by atoms with Gasteiger partial charge in [-0.05, 0) is 39.2 Å². The second kappa shape index (κ2) is 6.04. The molecule has 0 aliphatic rings. The van der Waals surface area contributed by atoms with E-state index in [1.807, 2.05) is 44.2 Å². The molecule has 4 N–H and O–H groups in total. The van der Waals surface area contributed by atoms with Gasteiger partial charge in [-0.3, -0.25) is 4.79 Å². The van der Waals surface area contributed by atoms with Crippen molar-refractivity contribution in [2.45, 2.75) is 19.9 Å². The Balaban J connectivity index is 1.92. The minimum atomic E-state index is -0.316. The zero-order valence-corrected chi connectivity index (χ0v) is 12.9. The fourth-order valence-corrected chi connectivity index (χ4v) is 2.52. The van der Waals surface area contributed by atoms with Crippen molar-refractivity contribution in [2.75, 3.05) is 5.73 Å². The number of carbonyl (C=O) groups excluding carboxylic acids is 1. The average Bonchev–Trinajstić information content (AvgIpc) is 3.05. The summed E-state index contributed by atoms with van der Waals surface area (Å²) in [5, 5.41) is 18.6. The third-order valence-corrected chi connectivity index (χ3v) is 3.77. The molecule has 7 heteroatoms. The number of carbonyl (C=O) groups is 1. The normalized spacial score (nSPS) is 12.5. The summed E-state index contributed by atoms with van der Waals surface area (Å²) in [4.78, 5) is 12.6. The third kappa shape index (κ3) is 2.98. The molecule has 0 aliphatic heterocycles. The van der Waals surface area contributed by atoms with Crippen molar-refractivity contribution in [1.29, 1.82) is 0 Å². The summed E-state index contributed by atoms with van der Waals surface area (Å²) < 4.78 is 0. The lowest BCUT2D eigenvalue weighted by Crippen LogP contribution is -2.33. The van der Waals surface area contributed by atoms with Crippen LogP contribution in [0.5, 0.6) is 0 Å². The van der Waals surface area contributed by atoms with Gasteiger partial charge < -0.3 is 11.1 Å². The van der Waals surface area contributed by atoms with E-state index in [4.69, 9.17) is 5.73 Å². The highest BCUT2D eigenvalue weighted by Crippen LogP contribution is 2.24. The van der Waals surface area contributed by atoms with Crippen LogP contribution in [0.4, 0.5) is 5.69 Å². The minimum absolute atomic E-state index is 0.121. The van der Waals surface area contributed by atoms with Crippen LogP contribution >= 0.6 is 0 Å². The number of fused-ring (bicyclic) bond motifs is 1. The van der Waals surface area contributed by atoms with Gasteiger partial charge in [-0.25, -0.2) is 5.10 Å². The molecule has 0 saturated heterocycles. The number of H-pyrrole nitrogens is 1. The molecule has 1 amide bonds. The maximum Gasteiger partial charge on any atom is 0.253 e. The molecule has 0 aliphatic carbocycles. The number of nitrogens with zero attached hydrogens (tertiary/aromatic N) is 3. The lowest BCUT2D eigenvalue weighted by molar-refractivity contribution is 0.0924. The molecule has 0 bridgehead atoms. The van der Waals surface area contributed by atoms with Gasteiger partial charge in [0, 0.05) is 5.69 Å². The Morgan fingerprint density at radius 1 is 1.22 bits per heavy atom. The fourth-order valence-electron chi connectivity index (χ4n) is 2.52. The summed E-state index contributed by atoms with van der Waals surface area (Å²) in [6, 6.07) is 11.1. The number of amides is 1. The van der Waals surface area contributed by atoms with Crippen LogP contribution in [0, 0.1) is 5.92 Å². The molecule has 0 spiro atoms. The Bertz CT molecular complexity index is 828. The molecule has 1 aromatic heterocycles. The minimum Gasteiger partial charge on any atom is -0.398 e. The summed E-state index contributed by atoms with van der Waals surface area (Å²) in [6.45, 7) is 3.97. The van der Waals surface area contributed by atoms with Crippen LogP contribution in [-0.4, -0.2) is 26.5 Å². The first kappa shape index (κ1) is 15.0. The van der Waals surface area contributed by atoms with Crippen LogP contribution in [0.25, 0.3) is 10.8 Å². The number of aromatic amines is 1. The Morgan fingerprint density at radius 2 is 1.91 bits per heavy atom. The number of benzene rings is 2. The summed E-state index contributed by atoms with van der Waals surface area (Å²) in [6.07, 6.45) is 0. The highest BCUT2D eigenvalue weighted by molar-refractivity contribution is 6.04. The number of nitrogen functional groups attached to an aromatic ring is 1. The van der Waals surface area contributed by atoms with Crippen molar-refractivity contribution in [2.24, 2.45) is 5.92 Å². The molecule has 7 nitrogen and oxygen atoms in total. The average molecular weight is 310 g/mol. The van der Waals surface area contributed by atoms with Gasteiger partial charge in [-0.15, -0.1) is 5.10 Å². The molecular weight excluding hydrogens is 292 g/mol. The van der Waals surface area contributed by atoms with Gasteiger partial charge in [0.2, 0.25) is 0 Å². The van der Waals surface area contributed by atoms with E-state index in [0.717, 1.165) is 10.8 Å². The molecule has 0 fully saturated rings. The topological polar surface area (TPSA) is 110 Å². The molecule has 0 radical (unpaired) electrons. The van der Waals surface area contributed by atoms with Crippen LogP contribution in [0.15, 0.2) is 36.4 Å². The smallest absolute Gasteiger partial charge is 0.253 e. The Kier molecular flexibility index (Phi) is 3.92. The van der Waals surface area contributed by atoms with Crippen LogP contribution in [0.1, 0.15) is 36.1 Å². The van der Waals surface area contributed by atoms with Crippen LogP contribution in [0.3, 0.4) is 0 Å². The van der Waals surface area contributed by atoms with Crippen molar-refractivity contribution in [1.82, 2.24) is 25.9 Å². The lowest BCUT2D eigenvalue weighted by Gasteiger charge is -2.20. The number of nitrogens with one attached hydrogen (secondary N) is 2. The van der Waals surface area contributed by atoms with E-state index in [1.54, 1.807) is 6.07 Å². The van der Waals surface area contributed by atoms with Gasteiger partial charge in [0.1, 0.15) is 0 Å². The molecule has 3 rings (SSSR count). The second-order valence-electron chi connectivity index (χ2n) is 5.77. The van der Waals surface area contributed by atoms with E-state index in [1.165, 1.54) is 0 Å². The third-order valence-electron chi connectivity index (χ3n) is 3.77. The SMILES string of the molecule is CC(C)[C@H](NC(=O)c1cc2ccccc2cc1N)c1nnn[nH]1. The molecule has 0 unspecified atom stereocenters. The van der Waals surface area contributed by atoms with E-state index in [9.17, 15) is 4.79 Å². The number of hydrogen-bond donors (Lipinski definition) is 3. The van der Waals surface area contributed by atoms with Gasteiger partial charge in [0.25, 0.3) is 5.91 Å². The molecule has 2 aromatic carbocycles. The molecule has 118 valence electrons. The van der Waals surface area contributed by atoms with Gasteiger partial charge >= 0.3 is 0 Å². The standard InChI is InChI=1S/C16H18N6O/c1-9(2)14(15-19-21-22-20-15)18-16(23)12-7-10-5-3-4-6-11(10)8-13(12)17/h3-9,14H,17H2,1-2H3,(H,18,23)(H,19,20,21,22)/t14-/m0/s1. The van der Waals surface area contributed by atoms with E-state index >= 15 is 0 Å². The highest BCUT2D eigenvalue weighted by atomic mass is 16.1. The van der Waals surface area contributed by atoms with Crippen LogP contribution in [-0.2, 0) is 0 Å². The molecule has 1 atom stereocenters. The van der Waals surface area contributed by atoms with Crippen molar-refractivity contribution in [3.05, 3.63) is 47.8 Å². The van der Waals surface area contributed by atoms with Crippen LogP contribution in [0.2, 0.25) is 0 Å². The predicted octanol–water partition coefficient (Wildman–Crippen LogP) is 2.06. The van der Waals surface area contributed by atoms with E-state index in [2.05, 4.69) is 25.9 Å². The summed E-state index contributed by atoms with van der Waals surface area (Å²) in [5.41, 5.74) is 6.94. The van der Waals surface area contributed by atoms with Gasteiger partial charge in [-0.1, -0.05) is 38.1 Å². The van der Waals surface area contributed by atoms with Crippen molar-refractivity contribution in [3.63, 3.8) is 0 Å². The molecule has 23 heavy (non-hydrogen) atoms. The number of rotatable bonds is 4. The Morgan fingerprint density at radius 3 is 2.52 bits per heavy atom.